The lowest BCUT2D eigenvalue weighted by atomic mass is 9.98. The lowest BCUT2D eigenvalue weighted by Gasteiger charge is -2.44. The van der Waals surface area contributed by atoms with Crippen LogP contribution in [0.5, 0.6) is 40.2 Å². The molecule has 3 aromatic carbocycles. The molecule has 64 heavy (non-hydrogen) atoms. The van der Waals surface area contributed by atoms with Gasteiger partial charge in [-0.3, -0.25) is 4.79 Å². The van der Waals surface area contributed by atoms with Crippen molar-refractivity contribution in [2.75, 3.05) is 13.2 Å². The molecule has 4 heterocycles. The van der Waals surface area contributed by atoms with E-state index in [0.717, 1.165) is 36.4 Å². The number of aliphatic hydroxyl groups is 8. The van der Waals surface area contributed by atoms with Crippen molar-refractivity contribution < 1.29 is 109 Å². The second-order valence-corrected chi connectivity index (χ2v) is 15.1. The molecule has 0 unspecified atom stereocenters. The number of aliphatic hydroxyl groups excluding tert-OH is 8. The predicted molar refractivity (Wildman–Crippen MR) is 210 cm³/mol. The largest absolute Gasteiger partial charge is 0.507 e. The van der Waals surface area contributed by atoms with Crippen LogP contribution in [0.1, 0.15) is 12.5 Å². The molecule has 7 rings (SSSR count). The molecule has 4 aromatic rings. The first-order valence-corrected chi connectivity index (χ1v) is 19.4. The highest BCUT2D eigenvalue weighted by Gasteiger charge is 2.50. The van der Waals surface area contributed by atoms with E-state index in [1.165, 1.54) is 31.2 Å². The number of carbonyl (C=O) groups is 1. The molecule has 0 radical (unpaired) electrons. The molecule has 0 spiro atoms. The highest BCUT2D eigenvalue weighted by molar-refractivity contribution is 5.89. The molecule has 0 amide bonds. The van der Waals surface area contributed by atoms with E-state index in [1.807, 2.05) is 0 Å². The fourth-order valence-electron chi connectivity index (χ4n) is 7.00. The minimum absolute atomic E-state index is 0.127. The summed E-state index contributed by atoms with van der Waals surface area (Å²) in [7, 11) is 0. The normalized spacial score (nSPS) is 32.1. The smallest absolute Gasteiger partial charge is 0.330 e. The van der Waals surface area contributed by atoms with Gasteiger partial charge in [-0.2, -0.15) is 0 Å². The number of fused-ring (bicyclic) bond motifs is 1. The molecular weight excluding hydrogens is 860 g/mol. The number of hydrogen-bond acceptors (Lipinski definition) is 23. The van der Waals surface area contributed by atoms with E-state index in [-0.39, 0.29) is 11.3 Å². The van der Waals surface area contributed by atoms with Crippen molar-refractivity contribution in [2.24, 2.45) is 0 Å². The molecule has 0 aliphatic carbocycles. The molecule has 1 aromatic heterocycles. The van der Waals surface area contributed by atoms with Crippen LogP contribution in [-0.4, -0.2) is 172 Å². The zero-order valence-corrected chi connectivity index (χ0v) is 33.2. The van der Waals surface area contributed by atoms with Gasteiger partial charge in [-0.1, -0.05) is 6.07 Å². The summed E-state index contributed by atoms with van der Waals surface area (Å²) >= 11 is 0. The molecule has 3 fully saturated rings. The molecule has 13 N–H and O–H groups in total. The number of benzene rings is 3. The van der Waals surface area contributed by atoms with E-state index < -0.39 is 162 Å². The van der Waals surface area contributed by atoms with Gasteiger partial charge < -0.3 is 104 Å². The van der Waals surface area contributed by atoms with E-state index in [1.54, 1.807) is 0 Å². The molecule has 0 saturated carbocycles. The maximum absolute atomic E-state index is 14.3. The molecule has 3 aliphatic heterocycles. The summed E-state index contributed by atoms with van der Waals surface area (Å²) in [4.78, 5) is 26.8. The number of aromatic hydroxyl groups is 5. The average Bonchev–Trinajstić information content (AvgIpc) is 3.26. The lowest BCUT2D eigenvalue weighted by Crippen LogP contribution is -2.63. The number of phenolic OH excluding ortho intramolecular Hbond substituents is 5. The quantitative estimate of drug-likeness (QED) is 0.0444. The molecule has 14 atom stereocenters. The van der Waals surface area contributed by atoms with Crippen molar-refractivity contribution in [1.82, 2.24) is 0 Å². The van der Waals surface area contributed by atoms with Gasteiger partial charge in [0.25, 0.3) is 0 Å². The maximum atomic E-state index is 14.3. The third-order valence-corrected chi connectivity index (χ3v) is 10.6. The number of hydrogen-bond donors (Lipinski definition) is 13. The number of esters is 1. The minimum atomic E-state index is -2.07. The van der Waals surface area contributed by atoms with Crippen LogP contribution in [0.2, 0.25) is 0 Å². The summed E-state index contributed by atoms with van der Waals surface area (Å²) in [6, 6.07) is 8.96. The van der Waals surface area contributed by atoms with E-state index in [0.29, 0.717) is 5.56 Å². The maximum Gasteiger partial charge on any atom is 0.330 e. The fourth-order valence-corrected chi connectivity index (χ4v) is 7.00. The van der Waals surface area contributed by atoms with Gasteiger partial charge in [-0.15, -0.1) is 0 Å². The van der Waals surface area contributed by atoms with Gasteiger partial charge in [0.05, 0.1) is 12.7 Å². The average molecular weight is 905 g/mol. The van der Waals surface area contributed by atoms with Crippen LogP contribution in [0.25, 0.3) is 28.4 Å². The van der Waals surface area contributed by atoms with Crippen LogP contribution in [0.3, 0.4) is 0 Å². The molecule has 23 nitrogen and oxygen atoms in total. The highest BCUT2D eigenvalue weighted by Crippen LogP contribution is 2.40. The number of phenols is 5. The van der Waals surface area contributed by atoms with Gasteiger partial charge >= 0.3 is 5.97 Å². The fraction of sp³-hybridized carbons (Fsp3) is 0.415. The highest BCUT2D eigenvalue weighted by atomic mass is 16.8. The van der Waals surface area contributed by atoms with Gasteiger partial charge in [0.2, 0.25) is 23.8 Å². The first kappa shape index (κ1) is 46.2. The third kappa shape index (κ3) is 9.37. The Kier molecular flexibility index (Phi) is 13.5. The lowest BCUT2D eigenvalue weighted by molar-refractivity contribution is -0.348. The number of ether oxygens (including phenoxy) is 7. The van der Waals surface area contributed by atoms with Crippen LogP contribution >= 0.6 is 0 Å². The molecule has 3 aliphatic rings. The number of carbonyl (C=O) groups excluding carboxylic acids is 1. The summed E-state index contributed by atoms with van der Waals surface area (Å²) < 4.78 is 45.3. The van der Waals surface area contributed by atoms with E-state index in [4.69, 9.17) is 37.6 Å². The van der Waals surface area contributed by atoms with Gasteiger partial charge in [-0.25, -0.2) is 4.79 Å². The van der Waals surface area contributed by atoms with Crippen molar-refractivity contribution in [3.63, 3.8) is 0 Å². The van der Waals surface area contributed by atoms with E-state index >= 15 is 0 Å². The first-order chi connectivity index (χ1) is 30.3. The van der Waals surface area contributed by atoms with Crippen molar-refractivity contribution in [3.8, 4) is 51.6 Å². The summed E-state index contributed by atoms with van der Waals surface area (Å²) in [5, 5.41) is 135. The van der Waals surface area contributed by atoms with Gasteiger partial charge in [0, 0.05) is 23.8 Å². The summed E-state index contributed by atoms with van der Waals surface area (Å²) in [5.74, 6) is -5.41. The summed E-state index contributed by atoms with van der Waals surface area (Å²) in [6.45, 7) is 0.0258. The van der Waals surface area contributed by atoms with Gasteiger partial charge in [-0.05, 0) is 48.9 Å². The Labute approximate surface area is 359 Å². The molecule has 346 valence electrons. The van der Waals surface area contributed by atoms with E-state index in [2.05, 4.69) is 0 Å². The van der Waals surface area contributed by atoms with Crippen molar-refractivity contribution in [2.45, 2.75) is 92.9 Å². The molecule has 23 heteroatoms. The van der Waals surface area contributed by atoms with Crippen molar-refractivity contribution >= 4 is 23.0 Å². The Morgan fingerprint density at radius 1 is 0.703 bits per heavy atom. The SMILES string of the molecule is C[C@@H]1O[C@@H](Oc2cc(O)c3c(=O)c(O[C@@H]4OC[C@@H](O)[C@H](O)[C@H]4O[C@H]4O[C@@H](COC(=O)/C=C/c5ccc(O)c(O)c5)[C@@H](O)[C@H](O)[C@H]4O)c(-c4ccc(O)c(O)c4)oc3c2)[C@@H](O)[C@H](O)[C@H]1O. The topological polar surface area (TPSA) is 375 Å². The Morgan fingerprint density at radius 2 is 1.38 bits per heavy atom. The zero-order valence-electron chi connectivity index (χ0n) is 33.2. The van der Waals surface area contributed by atoms with Crippen molar-refractivity contribution in [1.29, 1.82) is 0 Å². The second-order valence-electron chi connectivity index (χ2n) is 15.1. The molecule has 0 bridgehead atoms. The summed E-state index contributed by atoms with van der Waals surface area (Å²) in [5.41, 5.74) is -1.34. The first-order valence-electron chi connectivity index (χ1n) is 19.4. The van der Waals surface area contributed by atoms with Crippen LogP contribution < -0.4 is 14.9 Å². The predicted octanol–water partition coefficient (Wildman–Crippen LogP) is -1.90. The van der Waals surface area contributed by atoms with Gasteiger partial charge in [0.1, 0.15) is 84.0 Å². The Balaban J connectivity index is 1.16. The Bertz CT molecular complexity index is 2420. The summed E-state index contributed by atoms with van der Waals surface area (Å²) in [6.07, 6.45) is -22.3. The zero-order chi connectivity index (χ0) is 46.3. The Hall–Kier alpha value is -5.80. The van der Waals surface area contributed by atoms with E-state index in [9.17, 15) is 76.0 Å². The monoisotopic (exact) mass is 904 g/mol. The van der Waals surface area contributed by atoms with Crippen LogP contribution in [0, 0.1) is 0 Å². The second kappa shape index (κ2) is 18.7. The standard InChI is InChI=1S/C41H44O23/c1-14-28(49)32(53)34(55)39(59-14)60-17-10-22(46)27-24(11-17)61-36(16-4-6-19(43)21(45)9-16)37(31(27)52)63-41-38(29(50)23(47)12-58-41)64-40-35(56)33(54)30(51)25(62-40)13-57-26(48)7-3-15-2-5-18(42)20(44)8-15/h2-11,14,23,25,28-30,32-35,38-47,49-51,53-56H,12-13H2,1H3/b7-3+/t14-,23+,25-,28-,29-,30+,32+,33-,34-,35+,38+,39-,40+,41-/m0/s1. The molecule has 3 saturated heterocycles. The van der Waals surface area contributed by atoms with Crippen LogP contribution in [0.15, 0.2) is 63.8 Å². The van der Waals surface area contributed by atoms with Crippen molar-refractivity contribution in [3.05, 3.63) is 70.4 Å². The number of rotatable bonds is 11. The Morgan fingerprint density at radius 3 is 2.08 bits per heavy atom. The van der Waals surface area contributed by atoms with Crippen LogP contribution in [0.4, 0.5) is 0 Å². The molecular formula is C41H44O23. The third-order valence-electron chi connectivity index (χ3n) is 10.6. The minimum Gasteiger partial charge on any atom is -0.507 e. The van der Waals surface area contributed by atoms with Gasteiger partial charge in [0.15, 0.2) is 41.2 Å². The van der Waals surface area contributed by atoms with Crippen LogP contribution in [-0.2, 0) is 28.5 Å².